The number of hydrogen-bond donors (Lipinski definition) is 2. The van der Waals surface area contributed by atoms with Gasteiger partial charge in [-0.2, -0.15) is 0 Å². The summed E-state index contributed by atoms with van der Waals surface area (Å²) in [6.45, 7) is 0. The first-order chi connectivity index (χ1) is 15.5. The molecule has 0 saturated heterocycles. The molecule has 0 aliphatic heterocycles. The summed E-state index contributed by atoms with van der Waals surface area (Å²) in [5.41, 5.74) is 4.70. The molecule has 2 N–H and O–H groups in total. The molecule has 6 nitrogen and oxygen atoms in total. The van der Waals surface area contributed by atoms with Gasteiger partial charge in [-0.1, -0.05) is 30.3 Å². The Hall–Kier alpha value is -3.74. The number of likely N-dealkylation sites (N-methyl/N-ethyl adjacent to an activating group) is 1. The number of benzene rings is 2. The standard InChI is InChI=1S/C25H23FN4O2/c1-30(25-27-13-17(14-28-25)15-5-3-2-4-6-15)19-9-16(10-23(31)32)24-21(12-19)20-11-18(26)7-8-22(20)29-24/h2-8,11,13-14,16,19,29H,9-10,12H2,1H3,(H,31,32)/t16?,19-/m0/s1. The number of fused-ring (bicyclic) bond motifs is 3. The highest BCUT2D eigenvalue weighted by atomic mass is 19.1. The van der Waals surface area contributed by atoms with Crippen LogP contribution in [0.1, 0.15) is 30.0 Å². The number of halogens is 1. The minimum Gasteiger partial charge on any atom is -0.481 e. The normalized spacial score (nSPS) is 17.8. The van der Waals surface area contributed by atoms with Gasteiger partial charge in [0.05, 0.1) is 6.42 Å². The quantitative estimate of drug-likeness (QED) is 0.476. The summed E-state index contributed by atoms with van der Waals surface area (Å²) in [6.07, 6.45) is 4.93. The third kappa shape index (κ3) is 3.70. The SMILES string of the molecule is CN(c1ncc(-c2ccccc2)cn1)[C@@H]1Cc2c([nH]c3ccc(F)cc23)C(CC(=O)O)C1. The molecule has 4 aromatic rings. The van der Waals surface area contributed by atoms with E-state index in [0.29, 0.717) is 18.8 Å². The van der Waals surface area contributed by atoms with Crippen LogP contribution in [0.3, 0.4) is 0 Å². The van der Waals surface area contributed by atoms with Crippen LogP contribution in [-0.2, 0) is 11.2 Å². The summed E-state index contributed by atoms with van der Waals surface area (Å²) in [7, 11) is 1.93. The molecule has 0 fully saturated rings. The van der Waals surface area contributed by atoms with Crippen molar-refractivity contribution in [2.75, 3.05) is 11.9 Å². The van der Waals surface area contributed by atoms with E-state index in [1.807, 2.05) is 42.3 Å². The summed E-state index contributed by atoms with van der Waals surface area (Å²) in [5, 5.41) is 10.3. The van der Waals surface area contributed by atoms with Gasteiger partial charge >= 0.3 is 5.97 Å². The van der Waals surface area contributed by atoms with Crippen LogP contribution in [0.15, 0.2) is 60.9 Å². The number of nitrogens with one attached hydrogen (secondary N) is 1. The van der Waals surface area contributed by atoms with Crippen LogP contribution in [-0.4, -0.2) is 39.1 Å². The van der Waals surface area contributed by atoms with Crippen molar-refractivity contribution in [2.45, 2.75) is 31.2 Å². The van der Waals surface area contributed by atoms with E-state index in [1.54, 1.807) is 18.5 Å². The molecule has 2 atom stereocenters. The summed E-state index contributed by atoms with van der Waals surface area (Å²) < 4.78 is 14.0. The van der Waals surface area contributed by atoms with E-state index in [1.165, 1.54) is 12.1 Å². The highest BCUT2D eigenvalue weighted by Crippen LogP contribution is 2.40. The molecule has 1 aliphatic carbocycles. The number of carbonyl (C=O) groups is 1. The smallest absolute Gasteiger partial charge is 0.304 e. The van der Waals surface area contributed by atoms with Crippen LogP contribution in [0.5, 0.6) is 0 Å². The summed E-state index contributed by atoms with van der Waals surface area (Å²) in [6, 6.07) is 14.6. The Balaban J connectivity index is 1.46. The number of H-pyrrole nitrogens is 1. The monoisotopic (exact) mass is 430 g/mol. The molecule has 0 spiro atoms. The fraction of sp³-hybridized carbons (Fsp3) is 0.240. The zero-order chi connectivity index (χ0) is 22.2. The Kier molecular flexibility index (Phi) is 5.09. The van der Waals surface area contributed by atoms with Gasteiger partial charge in [-0.05, 0) is 42.2 Å². The number of aromatic amines is 1. The van der Waals surface area contributed by atoms with Crippen molar-refractivity contribution in [1.29, 1.82) is 0 Å². The maximum absolute atomic E-state index is 14.0. The van der Waals surface area contributed by atoms with Crippen molar-refractivity contribution >= 4 is 22.8 Å². The molecule has 2 aromatic heterocycles. The number of aromatic nitrogens is 3. The molecule has 32 heavy (non-hydrogen) atoms. The van der Waals surface area contributed by atoms with Crippen LogP contribution in [0.25, 0.3) is 22.0 Å². The van der Waals surface area contributed by atoms with Gasteiger partial charge in [-0.25, -0.2) is 14.4 Å². The first-order valence-electron chi connectivity index (χ1n) is 10.6. The number of hydrogen-bond acceptors (Lipinski definition) is 4. The van der Waals surface area contributed by atoms with Gasteiger partial charge in [0.15, 0.2) is 0 Å². The van der Waals surface area contributed by atoms with Crippen LogP contribution in [0.4, 0.5) is 10.3 Å². The van der Waals surface area contributed by atoms with Crippen LogP contribution in [0.2, 0.25) is 0 Å². The molecule has 0 bridgehead atoms. The molecule has 2 heterocycles. The van der Waals surface area contributed by atoms with Crippen molar-refractivity contribution in [1.82, 2.24) is 15.0 Å². The lowest BCUT2D eigenvalue weighted by molar-refractivity contribution is -0.137. The third-order valence-corrected chi connectivity index (χ3v) is 6.34. The second kappa shape index (κ2) is 8.07. The van der Waals surface area contributed by atoms with E-state index in [9.17, 15) is 14.3 Å². The average Bonchev–Trinajstić information content (AvgIpc) is 3.17. The zero-order valence-electron chi connectivity index (χ0n) is 17.6. The lowest BCUT2D eigenvalue weighted by Crippen LogP contribution is -2.39. The summed E-state index contributed by atoms with van der Waals surface area (Å²) in [5.74, 6) is -0.761. The first kappa shape index (κ1) is 20.2. The number of carboxylic acids is 1. The topological polar surface area (TPSA) is 82.1 Å². The Morgan fingerprint density at radius 1 is 1.16 bits per heavy atom. The molecule has 0 radical (unpaired) electrons. The van der Waals surface area contributed by atoms with Gasteiger partial charge in [0.1, 0.15) is 5.82 Å². The van der Waals surface area contributed by atoms with E-state index in [-0.39, 0.29) is 24.2 Å². The molecule has 162 valence electrons. The van der Waals surface area contributed by atoms with Gasteiger partial charge in [0.25, 0.3) is 0 Å². The molecule has 2 aromatic carbocycles. The van der Waals surface area contributed by atoms with E-state index in [4.69, 9.17) is 0 Å². The highest BCUT2D eigenvalue weighted by Gasteiger charge is 2.34. The summed E-state index contributed by atoms with van der Waals surface area (Å²) in [4.78, 5) is 26.0. The van der Waals surface area contributed by atoms with Crippen molar-refractivity contribution in [3.63, 3.8) is 0 Å². The number of aliphatic carboxylic acids is 1. The Morgan fingerprint density at radius 2 is 1.91 bits per heavy atom. The van der Waals surface area contributed by atoms with Crippen LogP contribution >= 0.6 is 0 Å². The fourth-order valence-electron chi connectivity index (χ4n) is 4.71. The predicted octanol–water partition coefficient (Wildman–Crippen LogP) is 4.77. The Morgan fingerprint density at radius 3 is 2.62 bits per heavy atom. The molecule has 5 rings (SSSR count). The molecular weight excluding hydrogens is 407 g/mol. The van der Waals surface area contributed by atoms with Gasteiger partial charge in [-0.15, -0.1) is 0 Å². The molecule has 1 aliphatic rings. The number of nitrogens with zero attached hydrogens (tertiary/aromatic N) is 3. The van der Waals surface area contributed by atoms with E-state index in [2.05, 4.69) is 15.0 Å². The van der Waals surface area contributed by atoms with E-state index in [0.717, 1.165) is 33.3 Å². The van der Waals surface area contributed by atoms with E-state index >= 15 is 0 Å². The van der Waals surface area contributed by atoms with Crippen molar-refractivity contribution in [3.8, 4) is 11.1 Å². The minimum atomic E-state index is -0.849. The maximum Gasteiger partial charge on any atom is 0.304 e. The van der Waals surface area contributed by atoms with Gasteiger partial charge in [0.2, 0.25) is 5.95 Å². The second-order valence-electron chi connectivity index (χ2n) is 8.34. The Labute approximate surface area is 184 Å². The average molecular weight is 430 g/mol. The first-order valence-corrected chi connectivity index (χ1v) is 10.6. The lowest BCUT2D eigenvalue weighted by atomic mass is 9.81. The predicted molar refractivity (Wildman–Crippen MR) is 121 cm³/mol. The summed E-state index contributed by atoms with van der Waals surface area (Å²) >= 11 is 0. The van der Waals surface area contributed by atoms with Gasteiger partial charge in [0, 0.05) is 53.6 Å². The lowest BCUT2D eigenvalue weighted by Gasteiger charge is -2.35. The van der Waals surface area contributed by atoms with Crippen LogP contribution in [0, 0.1) is 5.82 Å². The van der Waals surface area contributed by atoms with Crippen LogP contribution < -0.4 is 4.90 Å². The third-order valence-electron chi connectivity index (χ3n) is 6.34. The zero-order valence-corrected chi connectivity index (χ0v) is 17.6. The van der Waals surface area contributed by atoms with Crippen molar-refractivity contribution < 1.29 is 14.3 Å². The molecular formula is C25H23FN4O2. The number of rotatable bonds is 5. The largest absolute Gasteiger partial charge is 0.481 e. The minimum absolute atomic E-state index is 0.00306. The molecule has 1 unspecified atom stereocenters. The highest BCUT2D eigenvalue weighted by molar-refractivity contribution is 5.86. The molecule has 0 saturated carbocycles. The van der Waals surface area contributed by atoms with Gasteiger partial charge < -0.3 is 15.0 Å². The molecule has 7 heteroatoms. The second-order valence-corrected chi connectivity index (χ2v) is 8.34. The fourth-order valence-corrected chi connectivity index (χ4v) is 4.71. The van der Waals surface area contributed by atoms with E-state index < -0.39 is 5.97 Å². The molecule has 0 amide bonds. The number of carboxylic acid groups (broad SMARTS) is 1. The van der Waals surface area contributed by atoms with Crippen molar-refractivity contribution in [2.24, 2.45) is 0 Å². The Bertz CT molecular complexity index is 1270. The number of anilines is 1. The van der Waals surface area contributed by atoms with Gasteiger partial charge in [-0.3, -0.25) is 4.79 Å². The maximum atomic E-state index is 14.0. The van der Waals surface area contributed by atoms with Crippen molar-refractivity contribution in [3.05, 3.63) is 78.0 Å².